The summed E-state index contributed by atoms with van der Waals surface area (Å²) in [6.07, 6.45) is -6.60. The molecule has 5 atom stereocenters. The third-order valence-electron chi connectivity index (χ3n) is 4.69. The lowest BCUT2D eigenvalue weighted by molar-refractivity contribution is -0.268. The first-order valence-electron chi connectivity index (χ1n) is 9.38. The van der Waals surface area contributed by atoms with Gasteiger partial charge in [-0.3, -0.25) is 0 Å². The molecule has 3 rings (SSSR count). The minimum Gasteiger partial charge on any atom is -0.452 e. The van der Waals surface area contributed by atoms with Gasteiger partial charge in [0.05, 0.1) is 17.7 Å². The number of methoxy groups -OCH3 is 2. The fourth-order valence-electron chi connectivity index (χ4n) is 3.24. The van der Waals surface area contributed by atoms with Gasteiger partial charge in [0.1, 0.15) is 12.2 Å². The lowest BCUT2D eigenvalue weighted by Gasteiger charge is -2.42. The van der Waals surface area contributed by atoms with Crippen molar-refractivity contribution < 1.29 is 37.7 Å². The molecule has 30 heavy (non-hydrogen) atoms. The molecule has 0 unspecified atom stereocenters. The molecule has 0 aliphatic carbocycles. The van der Waals surface area contributed by atoms with Crippen molar-refractivity contribution in [3.8, 4) is 0 Å². The van der Waals surface area contributed by atoms with E-state index in [4.69, 9.17) is 23.7 Å². The number of carbonyl (C=O) groups is 2. The normalized spacial score (nSPS) is 26.0. The molecule has 160 valence electrons. The maximum atomic E-state index is 14.9. The molecule has 0 radical (unpaired) electrons. The summed E-state index contributed by atoms with van der Waals surface area (Å²) in [5.41, 5.74) is 0.497. The van der Waals surface area contributed by atoms with Crippen LogP contribution in [0.25, 0.3) is 0 Å². The number of alkyl halides is 1. The van der Waals surface area contributed by atoms with E-state index in [0.29, 0.717) is 0 Å². The van der Waals surface area contributed by atoms with Crippen molar-refractivity contribution in [1.82, 2.24) is 0 Å². The van der Waals surface area contributed by atoms with E-state index in [0.717, 1.165) is 0 Å². The first kappa shape index (κ1) is 21.9. The first-order chi connectivity index (χ1) is 14.5. The molecule has 2 aromatic rings. The monoisotopic (exact) mass is 418 g/mol. The highest BCUT2D eigenvalue weighted by molar-refractivity contribution is 5.90. The third-order valence-corrected chi connectivity index (χ3v) is 4.69. The molecule has 0 spiro atoms. The fourth-order valence-corrected chi connectivity index (χ4v) is 3.24. The number of hydrogen-bond donors (Lipinski definition) is 0. The van der Waals surface area contributed by atoms with E-state index in [1.807, 2.05) is 0 Å². The third kappa shape index (κ3) is 5.02. The number of carbonyl (C=O) groups excluding carboxylic acids is 2. The zero-order valence-corrected chi connectivity index (χ0v) is 16.6. The Labute approximate surface area is 173 Å². The topological polar surface area (TPSA) is 80.3 Å². The Morgan fingerprint density at radius 3 is 1.80 bits per heavy atom. The first-order valence-corrected chi connectivity index (χ1v) is 9.38. The minimum absolute atomic E-state index is 0.00232. The molecule has 0 amide bonds. The predicted molar refractivity (Wildman–Crippen MR) is 104 cm³/mol. The number of benzene rings is 2. The highest BCUT2D eigenvalue weighted by Gasteiger charge is 2.51. The second kappa shape index (κ2) is 10.3. The van der Waals surface area contributed by atoms with E-state index in [1.165, 1.54) is 26.4 Å². The molecule has 7 nitrogen and oxygen atoms in total. The Bertz CT molecular complexity index is 830. The average molecular weight is 418 g/mol. The predicted octanol–water partition coefficient (Wildman–Crippen LogP) is 2.79. The van der Waals surface area contributed by atoms with Crippen LogP contribution in [0.2, 0.25) is 0 Å². The minimum atomic E-state index is -2.04. The largest absolute Gasteiger partial charge is 0.452 e. The van der Waals surface area contributed by atoms with E-state index < -0.39 is 42.7 Å². The maximum Gasteiger partial charge on any atom is 0.338 e. The van der Waals surface area contributed by atoms with E-state index in [-0.39, 0.29) is 17.7 Å². The van der Waals surface area contributed by atoms with Crippen molar-refractivity contribution >= 4 is 11.9 Å². The Morgan fingerprint density at radius 2 is 1.33 bits per heavy atom. The summed E-state index contributed by atoms with van der Waals surface area (Å²) in [5.74, 6) is -1.47. The molecule has 1 aliphatic heterocycles. The lowest BCUT2D eigenvalue weighted by Crippen LogP contribution is -2.60. The van der Waals surface area contributed by atoms with Crippen LogP contribution in [-0.4, -0.2) is 63.5 Å². The molecular weight excluding hydrogens is 395 g/mol. The van der Waals surface area contributed by atoms with E-state index in [2.05, 4.69) is 0 Å². The van der Waals surface area contributed by atoms with Crippen LogP contribution in [0.15, 0.2) is 60.7 Å². The van der Waals surface area contributed by atoms with Crippen LogP contribution in [0.3, 0.4) is 0 Å². The van der Waals surface area contributed by atoms with Crippen molar-refractivity contribution in [2.75, 3.05) is 20.8 Å². The lowest BCUT2D eigenvalue weighted by atomic mass is 9.98. The van der Waals surface area contributed by atoms with Gasteiger partial charge in [-0.25, -0.2) is 14.0 Å². The van der Waals surface area contributed by atoms with Crippen LogP contribution in [0.1, 0.15) is 20.7 Å². The number of ether oxygens (including phenoxy) is 5. The van der Waals surface area contributed by atoms with Crippen LogP contribution < -0.4 is 0 Å². The number of rotatable bonds is 7. The number of halogens is 1. The van der Waals surface area contributed by atoms with Gasteiger partial charge in [-0.1, -0.05) is 36.4 Å². The molecule has 0 bridgehead atoms. The van der Waals surface area contributed by atoms with Gasteiger partial charge >= 0.3 is 11.9 Å². The molecule has 1 heterocycles. The van der Waals surface area contributed by atoms with Gasteiger partial charge in [-0.15, -0.1) is 0 Å². The van der Waals surface area contributed by atoms with Crippen LogP contribution in [0.5, 0.6) is 0 Å². The van der Waals surface area contributed by atoms with Crippen molar-refractivity contribution in [1.29, 1.82) is 0 Å². The quantitative estimate of drug-likeness (QED) is 0.640. The summed E-state index contributed by atoms with van der Waals surface area (Å²) in [7, 11) is 2.80. The zero-order chi connectivity index (χ0) is 21.5. The second-order valence-corrected chi connectivity index (χ2v) is 6.65. The van der Waals surface area contributed by atoms with Crippen LogP contribution in [-0.2, 0) is 23.7 Å². The molecule has 8 heteroatoms. The Morgan fingerprint density at radius 1 is 0.833 bits per heavy atom. The molecule has 2 aromatic carbocycles. The smallest absolute Gasteiger partial charge is 0.338 e. The SMILES string of the molecule is COC[C@H]1O[C@@H](F)[C@H](OC(=O)c2ccccc2)[C@@H](OC(=O)c2ccccc2)[C@@H]1OC. The average Bonchev–Trinajstić information content (AvgIpc) is 2.77. The summed E-state index contributed by atoms with van der Waals surface area (Å²) in [6.45, 7) is -0.00232. The van der Waals surface area contributed by atoms with Crippen molar-refractivity contribution in [2.24, 2.45) is 0 Å². The van der Waals surface area contributed by atoms with Gasteiger partial charge in [-0.2, -0.15) is 0 Å². The van der Waals surface area contributed by atoms with Gasteiger partial charge in [0, 0.05) is 14.2 Å². The van der Waals surface area contributed by atoms with Crippen molar-refractivity contribution in [3.63, 3.8) is 0 Å². The van der Waals surface area contributed by atoms with Crippen LogP contribution in [0, 0.1) is 0 Å². The van der Waals surface area contributed by atoms with E-state index in [9.17, 15) is 14.0 Å². The summed E-state index contributed by atoms with van der Waals surface area (Å²) >= 11 is 0. The van der Waals surface area contributed by atoms with Gasteiger partial charge in [0.25, 0.3) is 0 Å². The molecule has 0 N–H and O–H groups in total. The molecule has 1 aliphatic rings. The Hall–Kier alpha value is -2.81. The number of esters is 2. The molecular formula is C22H23FO7. The highest BCUT2D eigenvalue weighted by Crippen LogP contribution is 2.30. The molecule has 1 saturated heterocycles. The molecule has 1 fully saturated rings. The van der Waals surface area contributed by atoms with Gasteiger partial charge < -0.3 is 23.7 Å². The Balaban J connectivity index is 1.86. The summed E-state index contributed by atoms with van der Waals surface area (Å²) in [6, 6.07) is 16.3. The second-order valence-electron chi connectivity index (χ2n) is 6.65. The Kier molecular flexibility index (Phi) is 7.51. The van der Waals surface area contributed by atoms with Gasteiger partial charge in [0.2, 0.25) is 6.36 Å². The number of hydrogen-bond acceptors (Lipinski definition) is 7. The van der Waals surface area contributed by atoms with Crippen molar-refractivity contribution in [3.05, 3.63) is 71.8 Å². The summed E-state index contributed by atoms with van der Waals surface area (Å²) < 4.78 is 41.6. The maximum absolute atomic E-state index is 14.9. The highest BCUT2D eigenvalue weighted by atomic mass is 19.1. The summed E-state index contributed by atoms with van der Waals surface area (Å²) in [4.78, 5) is 25.1. The van der Waals surface area contributed by atoms with Gasteiger partial charge in [-0.05, 0) is 24.3 Å². The molecule has 0 aromatic heterocycles. The molecule has 0 saturated carbocycles. The van der Waals surface area contributed by atoms with Crippen molar-refractivity contribution in [2.45, 2.75) is 30.8 Å². The van der Waals surface area contributed by atoms with Gasteiger partial charge in [0.15, 0.2) is 12.2 Å². The van der Waals surface area contributed by atoms with E-state index in [1.54, 1.807) is 48.5 Å². The van der Waals surface area contributed by atoms with Crippen LogP contribution >= 0.6 is 0 Å². The van der Waals surface area contributed by atoms with Crippen LogP contribution in [0.4, 0.5) is 4.39 Å². The summed E-state index contributed by atoms with van der Waals surface area (Å²) in [5, 5.41) is 0. The van der Waals surface area contributed by atoms with E-state index >= 15 is 0 Å². The fraction of sp³-hybridized carbons (Fsp3) is 0.364. The standard InChI is InChI=1S/C22H23FO7/c1-26-13-16-17(27-2)18(29-21(24)14-9-5-3-6-10-14)19(20(23)28-16)30-22(25)15-11-7-4-8-12-15/h3-12,16-20H,13H2,1-2H3/t16-,17-,18+,19-,20-/m1/s1. The zero-order valence-electron chi connectivity index (χ0n) is 16.6.